The number of pyridine rings is 1. The molecule has 0 bridgehead atoms. The van der Waals surface area contributed by atoms with Crippen LogP contribution >= 0.6 is 0 Å². The first-order chi connectivity index (χ1) is 11.8. The number of methoxy groups -OCH3 is 1. The van der Waals surface area contributed by atoms with Crippen molar-refractivity contribution in [3.8, 4) is 0 Å². The third-order valence-electron chi connectivity index (χ3n) is 4.21. The molecular formula is C19H23N3O2. The fraction of sp³-hybridized carbons (Fsp3) is 0.368. The summed E-state index contributed by atoms with van der Waals surface area (Å²) >= 11 is 0. The minimum atomic E-state index is -0.141. The van der Waals surface area contributed by atoms with Gasteiger partial charge >= 0.3 is 0 Å². The third kappa shape index (κ3) is 3.74. The summed E-state index contributed by atoms with van der Waals surface area (Å²) in [5.41, 5.74) is 4.04. The number of rotatable bonds is 6. The van der Waals surface area contributed by atoms with Gasteiger partial charge in [0, 0.05) is 44.4 Å². The van der Waals surface area contributed by atoms with Gasteiger partial charge in [0.15, 0.2) is 0 Å². The van der Waals surface area contributed by atoms with E-state index in [-0.39, 0.29) is 5.91 Å². The number of carbonyl (C=O) groups is 1. The lowest BCUT2D eigenvalue weighted by atomic mass is 10.0. The molecule has 1 N–H and O–H groups in total. The Kier molecular flexibility index (Phi) is 5.43. The van der Waals surface area contributed by atoms with E-state index in [2.05, 4.69) is 39.5 Å². The zero-order chi connectivity index (χ0) is 16.8. The van der Waals surface area contributed by atoms with Crippen molar-refractivity contribution in [2.75, 3.05) is 31.7 Å². The Labute approximate surface area is 142 Å². The normalized spacial score (nSPS) is 13.5. The molecule has 2 heterocycles. The van der Waals surface area contributed by atoms with Crippen LogP contribution in [0.5, 0.6) is 0 Å². The standard InChI is InChI=1S/C19H23N3O2/c1-24-13-5-10-21-19(23)17-14-16(9-11-20-17)22-12-4-7-15-6-2-3-8-18(15)22/h2-3,6,8-9,11,14H,4-5,7,10,12-13H2,1H3,(H,21,23). The molecule has 0 atom stereocenters. The van der Waals surface area contributed by atoms with Gasteiger partial charge in [0.05, 0.1) is 0 Å². The summed E-state index contributed by atoms with van der Waals surface area (Å²) in [6, 6.07) is 12.3. The first-order valence-electron chi connectivity index (χ1n) is 8.38. The molecule has 1 amide bonds. The maximum Gasteiger partial charge on any atom is 0.269 e. The lowest BCUT2D eigenvalue weighted by molar-refractivity contribution is 0.0943. The van der Waals surface area contributed by atoms with E-state index < -0.39 is 0 Å². The summed E-state index contributed by atoms with van der Waals surface area (Å²) < 4.78 is 4.99. The van der Waals surface area contributed by atoms with Crippen LogP contribution in [-0.4, -0.2) is 37.7 Å². The summed E-state index contributed by atoms with van der Waals surface area (Å²) in [5.74, 6) is -0.141. The van der Waals surface area contributed by atoms with Crippen LogP contribution in [0.25, 0.3) is 0 Å². The van der Waals surface area contributed by atoms with Crippen LogP contribution in [0.4, 0.5) is 11.4 Å². The Morgan fingerprint density at radius 1 is 1.33 bits per heavy atom. The zero-order valence-corrected chi connectivity index (χ0v) is 14.0. The minimum absolute atomic E-state index is 0.141. The molecule has 0 saturated heterocycles. The molecule has 0 aliphatic carbocycles. The molecule has 0 radical (unpaired) electrons. The first kappa shape index (κ1) is 16.5. The second kappa shape index (κ2) is 7.93. The van der Waals surface area contributed by atoms with E-state index in [4.69, 9.17) is 4.74 Å². The SMILES string of the molecule is COCCCNC(=O)c1cc(N2CCCc3ccccc32)ccn1. The number of aromatic nitrogens is 1. The number of anilines is 2. The minimum Gasteiger partial charge on any atom is -0.385 e. The van der Waals surface area contributed by atoms with E-state index in [0.29, 0.717) is 18.8 Å². The van der Waals surface area contributed by atoms with Gasteiger partial charge in [-0.15, -0.1) is 0 Å². The summed E-state index contributed by atoms with van der Waals surface area (Å²) in [5, 5.41) is 2.88. The zero-order valence-electron chi connectivity index (χ0n) is 14.0. The molecule has 126 valence electrons. The predicted molar refractivity (Wildman–Crippen MR) is 94.8 cm³/mol. The van der Waals surface area contributed by atoms with E-state index in [1.54, 1.807) is 13.3 Å². The summed E-state index contributed by atoms with van der Waals surface area (Å²) in [6.45, 7) is 2.18. The molecule has 2 aromatic rings. The van der Waals surface area contributed by atoms with Crippen molar-refractivity contribution in [2.45, 2.75) is 19.3 Å². The average Bonchev–Trinajstić information content (AvgIpc) is 2.64. The molecule has 1 aliphatic heterocycles. The van der Waals surface area contributed by atoms with Gasteiger partial charge < -0.3 is 15.0 Å². The predicted octanol–water partition coefficient (Wildman–Crippen LogP) is 2.93. The molecule has 0 spiro atoms. The van der Waals surface area contributed by atoms with E-state index in [1.807, 2.05) is 12.1 Å². The van der Waals surface area contributed by atoms with Crippen molar-refractivity contribution in [1.29, 1.82) is 0 Å². The lowest BCUT2D eigenvalue weighted by Gasteiger charge is -2.31. The highest BCUT2D eigenvalue weighted by Crippen LogP contribution is 2.33. The number of carbonyl (C=O) groups excluding carboxylic acids is 1. The van der Waals surface area contributed by atoms with Gasteiger partial charge in [-0.3, -0.25) is 9.78 Å². The molecule has 3 rings (SSSR count). The van der Waals surface area contributed by atoms with Gasteiger partial charge in [0.1, 0.15) is 5.69 Å². The number of hydrogen-bond acceptors (Lipinski definition) is 4. The monoisotopic (exact) mass is 325 g/mol. The number of aryl methyl sites for hydroxylation is 1. The lowest BCUT2D eigenvalue weighted by Crippen LogP contribution is -2.27. The number of benzene rings is 1. The number of nitrogens with zero attached hydrogens (tertiary/aromatic N) is 2. The van der Waals surface area contributed by atoms with E-state index >= 15 is 0 Å². The highest BCUT2D eigenvalue weighted by Gasteiger charge is 2.19. The molecule has 1 aliphatic rings. The average molecular weight is 325 g/mol. The Morgan fingerprint density at radius 2 is 2.21 bits per heavy atom. The van der Waals surface area contributed by atoms with Crippen molar-refractivity contribution < 1.29 is 9.53 Å². The first-order valence-corrected chi connectivity index (χ1v) is 8.38. The number of fused-ring (bicyclic) bond motifs is 1. The molecule has 0 fully saturated rings. The fourth-order valence-electron chi connectivity index (χ4n) is 3.02. The van der Waals surface area contributed by atoms with Gasteiger partial charge in [-0.2, -0.15) is 0 Å². The molecule has 24 heavy (non-hydrogen) atoms. The number of hydrogen-bond donors (Lipinski definition) is 1. The van der Waals surface area contributed by atoms with Crippen LogP contribution < -0.4 is 10.2 Å². The molecule has 1 aromatic carbocycles. The van der Waals surface area contributed by atoms with Gasteiger partial charge in [-0.1, -0.05) is 18.2 Å². The van der Waals surface area contributed by atoms with Gasteiger partial charge in [0.25, 0.3) is 5.91 Å². The molecule has 0 saturated carbocycles. The second-order valence-electron chi connectivity index (χ2n) is 5.89. The van der Waals surface area contributed by atoms with Crippen molar-refractivity contribution in [2.24, 2.45) is 0 Å². The quantitative estimate of drug-likeness (QED) is 0.830. The third-order valence-corrected chi connectivity index (χ3v) is 4.21. The van der Waals surface area contributed by atoms with Crippen LogP contribution in [0.3, 0.4) is 0 Å². The topological polar surface area (TPSA) is 54.5 Å². The number of ether oxygens (including phenoxy) is 1. The van der Waals surface area contributed by atoms with Crippen molar-refractivity contribution >= 4 is 17.3 Å². The summed E-state index contributed by atoms with van der Waals surface area (Å²) in [4.78, 5) is 18.7. The highest BCUT2D eigenvalue weighted by atomic mass is 16.5. The van der Waals surface area contributed by atoms with Gasteiger partial charge in [-0.05, 0) is 43.0 Å². The molecule has 0 unspecified atom stereocenters. The number of para-hydroxylation sites is 1. The maximum atomic E-state index is 12.3. The van der Waals surface area contributed by atoms with Crippen molar-refractivity contribution in [1.82, 2.24) is 10.3 Å². The van der Waals surface area contributed by atoms with Crippen molar-refractivity contribution in [3.05, 3.63) is 53.9 Å². The maximum absolute atomic E-state index is 12.3. The largest absolute Gasteiger partial charge is 0.385 e. The van der Waals surface area contributed by atoms with Crippen LogP contribution in [0, 0.1) is 0 Å². The van der Waals surface area contributed by atoms with E-state index in [9.17, 15) is 4.79 Å². The summed E-state index contributed by atoms with van der Waals surface area (Å²) in [7, 11) is 1.66. The van der Waals surface area contributed by atoms with Crippen molar-refractivity contribution in [3.63, 3.8) is 0 Å². The molecule has 5 nitrogen and oxygen atoms in total. The Morgan fingerprint density at radius 3 is 3.08 bits per heavy atom. The fourth-order valence-corrected chi connectivity index (χ4v) is 3.02. The Balaban J connectivity index is 1.75. The smallest absolute Gasteiger partial charge is 0.269 e. The van der Waals surface area contributed by atoms with Crippen LogP contribution in [0.15, 0.2) is 42.6 Å². The molecule has 1 aromatic heterocycles. The Hall–Kier alpha value is -2.40. The Bertz CT molecular complexity index is 703. The van der Waals surface area contributed by atoms with Gasteiger partial charge in [0.2, 0.25) is 0 Å². The molecule has 5 heteroatoms. The van der Waals surface area contributed by atoms with Crippen LogP contribution in [-0.2, 0) is 11.2 Å². The van der Waals surface area contributed by atoms with Crippen LogP contribution in [0.2, 0.25) is 0 Å². The summed E-state index contributed by atoms with van der Waals surface area (Å²) in [6.07, 6.45) is 4.71. The number of nitrogens with one attached hydrogen (secondary N) is 1. The van der Waals surface area contributed by atoms with Gasteiger partial charge in [-0.25, -0.2) is 0 Å². The number of amides is 1. The van der Waals surface area contributed by atoms with E-state index in [1.165, 1.54) is 11.3 Å². The highest BCUT2D eigenvalue weighted by molar-refractivity contribution is 5.93. The van der Waals surface area contributed by atoms with E-state index in [0.717, 1.165) is 31.5 Å². The van der Waals surface area contributed by atoms with Crippen LogP contribution in [0.1, 0.15) is 28.9 Å². The molecular weight excluding hydrogens is 302 g/mol. The second-order valence-corrected chi connectivity index (χ2v) is 5.89.